The van der Waals surface area contributed by atoms with E-state index in [4.69, 9.17) is 11.6 Å². The van der Waals surface area contributed by atoms with Gasteiger partial charge in [-0.2, -0.15) is 0 Å². The number of piperidine rings is 1. The van der Waals surface area contributed by atoms with Gasteiger partial charge in [0.05, 0.1) is 17.5 Å². The smallest absolute Gasteiger partial charge is 0.229 e. The SMILES string of the molecule is C=CC[C@@]1(C)CCC(c2ccc(Cl)cc2)N(C(C=O)CC)C1=O. The van der Waals surface area contributed by atoms with Crippen molar-refractivity contribution in [2.45, 2.75) is 51.6 Å². The van der Waals surface area contributed by atoms with Crippen molar-refractivity contribution in [3.63, 3.8) is 0 Å². The summed E-state index contributed by atoms with van der Waals surface area (Å²) in [4.78, 5) is 26.5. The van der Waals surface area contributed by atoms with Crippen LogP contribution in [0.15, 0.2) is 36.9 Å². The number of amides is 1. The van der Waals surface area contributed by atoms with Gasteiger partial charge in [0.2, 0.25) is 5.91 Å². The molecule has 2 rings (SSSR count). The predicted octanol–water partition coefficient (Wildman–Crippen LogP) is 4.56. The van der Waals surface area contributed by atoms with Gasteiger partial charge >= 0.3 is 0 Å². The first kappa shape index (κ1) is 17.7. The van der Waals surface area contributed by atoms with Gasteiger partial charge in [0.25, 0.3) is 0 Å². The molecule has 3 atom stereocenters. The maximum absolute atomic E-state index is 13.1. The lowest BCUT2D eigenvalue weighted by Crippen LogP contribution is -2.53. The average molecular weight is 334 g/mol. The van der Waals surface area contributed by atoms with E-state index in [1.807, 2.05) is 38.1 Å². The molecule has 0 aromatic heterocycles. The van der Waals surface area contributed by atoms with Gasteiger partial charge in [0.1, 0.15) is 6.29 Å². The largest absolute Gasteiger partial charge is 0.325 e. The number of hydrogen-bond acceptors (Lipinski definition) is 2. The minimum atomic E-state index is -0.471. The number of carbonyl (C=O) groups excluding carboxylic acids is 2. The Labute approximate surface area is 143 Å². The van der Waals surface area contributed by atoms with Crippen LogP contribution in [0.2, 0.25) is 5.02 Å². The highest BCUT2D eigenvalue weighted by Crippen LogP contribution is 2.44. The van der Waals surface area contributed by atoms with Crippen LogP contribution in [0.25, 0.3) is 0 Å². The number of rotatable bonds is 6. The Morgan fingerprint density at radius 2 is 2.09 bits per heavy atom. The van der Waals surface area contributed by atoms with Crippen LogP contribution in [0.3, 0.4) is 0 Å². The number of halogens is 1. The Bertz CT molecular complexity index is 584. The first-order chi connectivity index (χ1) is 11.0. The second-order valence-electron chi connectivity index (χ2n) is 6.48. The molecular formula is C19H24ClNO2. The van der Waals surface area contributed by atoms with E-state index in [1.165, 1.54) is 0 Å². The Kier molecular flexibility index (Phi) is 5.64. The van der Waals surface area contributed by atoms with Crippen LogP contribution in [-0.4, -0.2) is 23.1 Å². The van der Waals surface area contributed by atoms with Crippen LogP contribution in [0.4, 0.5) is 0 Å². The monoisotopic (exact) mass is 333 g/mol. The molecule has 1 aromatic carbocycles. The van der Waals surface area contributed by atoms with E-state index in [0.717, 1.165) is 24.7 Å². The molecule has 0 bridgehead atoms. The molecule has 1 fully saturated rings. The third kappa shape index (κ3) is 3.50. The van der Waals surface area contributed by atoms with Gasteiger partial charge in [-0.1, -0.05) is 43.7 Å². The molecule has 23 heavy (non-hydrogen) atoms. The number of allylic oxidation sites excluding steroid dienone is 1. The molecule has 0 spiro atoms. The summed E-state index contributed by atoms with van der Waals surface area (Å²) in [7, 11) is 0. The van der Waals surface area contributed by atoms with Crippen molar-refractivity contribution >= 4 is 23.8 Å². The van der Waals surface area contributed by atoms with Gasteiger partial charge in [-0.3, -0.25) is 4.79 Å². The van der Waals surface area contributed by atoms with Gasteiger partial charge in [0, 0.05) is 5.02 Å². The van der Waals surface area contributed by atoms with Crippen molar-refractivity contribution in [2.24, 2.45) is 5.41 Å². The number of benzene rings is 1. The zero-order valence-corrected chi connectivity index (χ0v) is 14.6. The summed E-state index contributed by atoms with van der Waals surface area (Å²) in [6, 6.07) is 7.08. The summed E-state index contributed by atoms with van der Waals surface area (Å²) in [5.41, 5.74) is 0.560. The maximum Gasteiger partial charge on any atom is 0.229 e. The number of carbonyl (C=O) groups is 2. The Morgan fingerprint density at radius 1 is 1.43 bits per heavy atom. The van der Waals surface area contributed by atoms with Gasteiger partial charge in [0.15, 0.2) is 0 Å². The van der Waals surface area contributed by atoms with Gasteiger partial charge in [-0.15, -0.1) is 6.58 Å². The van der Waals surface area contributed by atoms with Gasteiger partial charge in [-0.05, 0) is 43.4 Å². The third-order valence-electron chi connectivity index (χ3n) is 4.84. The van der Waals surface area contributed by atoms with Gasteiger partial charge < -0.3 is 9.69 Å². The third-order valence-corrected chi connectivity index (χ3v) is 5.09. The molecule has 1 aliphatic rings. The average Bonchev–Trinajstić information content (AvgIpc) is 2.54. The molecule has 0 aliphatic carbocycles. The highest BCUT2D eigenvalue weighted by molar-refractivity contribution is 6.30. The second kappa shape index (κ2) is 7.31. The topological polar surface area (TPSA) is 37.4 Å². The van der Waals surface area contributed by atoms with Gasteiger partial charge in [-0.25, -0.2) is 0 Å². The first-order valence-corrected chi connectivity index (χ1v) is 8.49. The van der Waals surface area contributed by atoms with Crippen molar-refractivity contribution < 1.29 is 9.59 Å². The summed E-state index contributed by atoms with van der Waals surface area (Å²) < 4.78 is 0. The molecule has 1 amide bonds. The molecule has 2 unspecified atom stereocenters. The summed E-state index contributed by atoms with van der Waals surface area (Å²) in [6.07, 6.45) is 5.55. The fourth-order valence-corrected chi connectivity index (χ4v) is 3.54. The molecule has 1 heterocycles. The van der Waals surface area contributed by atoms with Crippen LogP contribution in [-0.2, 0) is 9.59 Å². The van der Waals surface area contributed by atoms with Crippen molar-refractivity contribution in [3.8, 4) is 0 Å². The molecule has 1 aromatic rings. The zero-order valence-electron chi connectivity index (χ0n) is 13.8. The van der Waals surface area contributed by atoms with E-state index in [9.17, 15) is 9.59 Å². The number of nitrogens with zero attached hydrogens (tertiary/aromatic N) is 1. The molecule has 0 N–H and O–H groups in total. The second-order valence-corrected chi connectivity index (χ2v) is 6.92. The van der Waals surface area contributed by atoms with Crippen LogP contribution in [0.1, 0.15) is 51.1 Å². The fraction of sp³-hybridized carbons (Fsp3) is 0.474. The van der Waals surface area contributed by atoms with E-state index < -0.39 is 11.5 Å². The molecular weight excluding hydrogens is 310 g/mol. The Hall–Kier alpha value is -1.61. The highest BCUT2D eigenvalue weighted by atomic mass is 35.5. The summed E-state index contributed by atoms with van der Waals surface area (Å²) in [5, 5.41) is 0.668. The van der Waals surface area contributed by atoms with E-state index in [1.54, 1.807) is 11.0 Å². The molecule has 0 saturated carbocycles. The van der Waals surface area contributed by atoms with E-state index in [2.05, 4.69) is 6.58 Å². The fourth-order valence-electron chi connectivity index (χ4n) is 3.41. The Morgan fingerprint density at radius 3 is 2.61 bits per heavy atom. The zero-order chi connectivity index (χ0) is 17.0. The quantitative estimate of drug-likeness (QED) is 0.565. The number of aldehydes is 1. The number of hydrogen-bond donors (Lipinski definition) is 0. The normalized spacial score (nSPS) is 26.0. The lowest BCUT2D eigenvalue weighted by atomic mass is 9.74. The Balaban J connectivity index is 2.41. The maximum atomic E-state index is 13.1. The predicted molar refractivity (Wildman–Crippen MR) is 93.3 cm³/mol. The van der Waals surface area contributed by atoms with Crippen molar-refractivity contribution in [3.05, 3.63) is 47.5 Å². The molecule has 0 radical (unpaired) electrons. The minimum absolute atomic E-state index is 0.0440. The molecule has 3 nitrogen and oxygen atoms in total. The lowest BCUT2D eigenvalue weighted by molar-refractivity contribution is -0.154. The molecule has 1 aliphatic heterocycles. The van der Waals surface area contributed by atoms with E-state index >= 15 is 0 Å². The van der Waals surface area contributed by atoms with Crippen molar-refractivity contribution in [1.82, 2.24) is 4.90 Å². The van der Waals surface area contributed by atoms with E-state index in [0.29, 0.717) is 17.9 Å². The molecule has 1 saturated heterocycles. The van der Waals surface area contributed by atoms with Crippen molar-refractivity contribution in [1.29, 1.82) is 0 Å². The van der Waals surface area contributed by atoms with Crippen LogP contribution in [0, 0.1) is 5.41 Å². The minimum Gasteiger partial charge on any atom is -0.325 e. The summed E-state index contributed by atoms with van der Waals surface area (Å²) >= 11 is 5.97. The highest BCUT2D eigenvalue weighted by Gasteiger charge is 2.45. The van der Waals surface area contributed by atoms with Crippen LogP contribution in [0.5, 0.6) is 0 Å². The summed E-state index contributed by atoms with van der Waals surface area (Å²) in [5.74, 6) is 0.0440. The standard InChI is InChI=1S/C19H24ClNO2/c1-4-11-19(3)12-10-17(14-6-8-15(20)9-7-14)21(18(19)23)16(5-2)13-22/h4,6-9,13,16-17H,1,5,10-12H2,2-3H3/t16?,17?,19-/m0/s1. The number of likely N-dealkylation sites (tertiary alicyclic amines) is 1. The van der Waals surface area contributed by atoms with Crippen LogP contribution >= 0.6 is 11.6 Å². The lowest BCUT2D eigenvalue weighted by Gasteiger charge is -2.46. The summed E-state index contributed by atoms with van der Waals surface area (Å²) in [6.45, 7) is 7.68. The van der Waals surface area contributed by atoms with E-state index in [-0.39, 0.29) is 11.9 Å². The van der Waals surface area contributed by atoms with Crippen molar-refractivity contribution in [2.75, 3.05) is 0 Å². The van der Waals surface area contributed by atoms with Crippen LogP contribution < -0.4 is 0 Å². The first-order valence-electron chi connectivity index (χ1n) is 8.11. The molecule has 124 valence electrons. The molecule has 4 heteroatoms.